The molecule has 2 aromatic rings. The number of carbonyl (C=O) groups excluding carboxylic acids is 1. The summed E-state index contributed by atoms with van der Waals surface area (Å²) in [6, 6.07) is 15.3. The normalized spacial score (nSPS) is 10.7. The minimum absolute atomic E-state index is 0.0691. The van der Waals surface area contributed by atoms with Gasteiger partial charge in [0.15, 0.2) is 0 Å². The third-order valence-electron chi connectivity index (χ3n) is 3.25. The lowest BCUT2D eigenvalue weighted by atomic mass is 10.2. The van der Waals surface area contributed by atoms with E-state index in [9.17, 15) is 10.1 Å². The molecule has 0 saturated heterocycles. The van der Waals surface area contributed by atoms with E-state index in [0.717, 1.165) is 11.3 Å². The zero-order valence-electron chi connectivity index (χ0n) is 12.9. The van der Waals surface area contributed by atoms with Gasteiger partial charge in [0.25, 0.3) is 5.91 Å². The average Bonchev–Trinajstić information content (AvgIpc) is 2.62. The molecule has 0 spiro atoms. The fourth-order valence-electron chi connectivity index (χ4n) is 2.04. The van der Waals surface area contributed by atoms with Crippen LogP contribution >= 0.6 is 0 Å². The number of amides is 1. The summed E-state index contributed by atoms with van der Waals surface area (Å²) < 4.78 is 0. The molecule has 1 heterocycles. The van der Waals surface area contributed by atoms with Crippen LogP contribution in [0.3, 0.4) is 0 Å². The van der Waals surface area contributed by atoms with Gasteiger partial charge in [0.1, 0.15) is 11.6 Å². The summed E-state index contributed by atoms with van der Waals surface area (Å²) in [7, 11) is 0. The van der Waals surface area contributed by atoms with Crippen LogP contribution in [-0.2, 0) is 11.3 Å². The molecule has 1 amide bonds. The number of anilines is 1. The van der Waals surface area contributed by atoms with Gasteiger partial charge in [0.05, 0.1) is 0 Å². The Kier molecular flexibility index (Phi) is 5.89. The summed E-state index contributed by atoms with van der Waals surface area (Å²) in [5.74, 6) is -0.397. The van der Waals surface area contributed by atoms with Gasteiger partial charge in [-0.05, 0) is 30.7 Å². The van der Waals surface area contributed by atoms with E-state index in [0.29, 0.717) is 13.1 Å². The molecule has 2 rings (SSSR count). The topological polar surface area (TPSA) is 69.0 Å². The maximum Gasteiger partial charge on any atom is 0.263 e. The second kappa shape index (κ2) is 8.35. The van der Waals surface area contributed by atoms with E-state index < -0.39 is 5.91 Å². The van der Waals surface area contributed by atoms with Gasteiger partial charge in [-0.1, -0.05) is 24.3 Å². The van der Waals surface area contributed by atoms with Crippen molar-refractivity contribution < 1.29 is 4.79 Å². The molecule has 1 aromatic carbocycles. The molecule has 5 nitrogen and oxygen atoms in total. The molecule has 0 fully saturated rings. The number of pyridine rings is 1. The highest BCUT2D eigenvalue weighted by molar-refractivity contribution is 5.97. The smallest absolute Gasteiger partial charge is 0.263 e. The fourth-order valence-corrected chi connectivity index (χ4v) is 2.04. The van der Waals surface area contributed by atoms with Crippen LogP contribution in [0.25, 0.3) is 0 Å². The fraction of sp³-hybridized carbons (Fsp3) is 0.167. The zero-order valence-corrected chi connectivity index (χ0v) is 12.9. The van der Waals surface area contributed by atoms with Gasteiger partial charge in [0, 0.05) is 37.4 Å². The van der Waals surface area contributed by atoms with Crippen molar-refractivity contribution in [3.05, 3.63) is 72.2 Å². The minimum atomic E-state index is -0.397. The molecule has 1 N–H and O–H groups in total. The molecule has 116 valence electrons. The van der Waals surface area contributed by atoms with Gasteiger partial charge >= 0.3 is 0 Å². The van der Waals surface area contributed by atoms with E-state index in [1.807, 2.05) is 54.3 Å². The first kappa shape index (κ1) is 16.2. The highest BCUT2D eigenvalue weighted by Gasteiger charge is 2.11. The molecule has 0 atom stereocenters. The quantitative estimate of drug-likeness (QED) is 0.658. The number of nitrogens with zero attached hydrogens (tertiary/aromatic N) is 3. The van der Waals surface area contributed by atoms with Crippen LogP contribution in [0.1, 0.15) is 12.5 Å². The number of benzene rings is 1. The summed E-state index contributed by atoms with van der Waals surface area (Å²) in [5, 5.41) is 12.0. The Balaban J connectivity index is 2.08. The monoisotopic (exact) mass is 306 g/mol. The second-order valence-corrected chi connectivity index (χ2v) is 4.82. The molecular formula is C18H18N4O. The van der Waals surface area contributed by atoms with Gasteiger partial charge in [-0.2, -0.15) is 5.26 Å². The van der Waals surface area contributed by atoms with Gasteiger partial charge in [-0.15, -0.1) is 0 Å². The van der Waals surface area contributed by atoms with Gasteiger partial charge in [-0.3, -0.25) is 9.78 Å². The number of para-hydroxylation sites is 1. The number of aromatic nitrogens is 1. The van der Waals surface area contributed by atoms with E-state index >= 15 is 0 Å². The van der Waals surface area contributed by atoms with Crippen LogP contribution in [0.2, 0.25) is 0 Å². The van der Waals surface area contributed by atoms with Crippen molar-refractivity contribution in [3.8, 4) is 6.07 Å². The number of hydrogen-bond donors (Lipinski definition) is 1. The van der Waals surface area contributed by atoms with Crippen molar-refractivity contribution in [1.82, 2.24) is 10.3 Å². The summed E-state index contributed by atoms with van der Waals surface area (Å²) in [6.45, 7) is 2.96. The third kappa shape index (κ3) is 4.68. The predicted molar refractivity (Wildman–Crippen MR) is 89.2 cm³/mol. The summed E-state index contributed by atoms with van der Waals surface area (Å²) in [6.07, 6.45) is 4.93. The van der Waals surface area contributed by atoms with Crippen LogP contribution in [0, 0.1) is 11.3 Å². The minimum Gasteiger partial charge on any atom is -0.347 e. The maximum absolute atomic E-state index is 12.2. The van der Waals surface area contributed by atoms with Crippen molar-refractivity contribution >= 4 is 11.6 Å². The summed E-state index contributed by atoms with van der Waals surface area (Å²) in [4.78, 5) is 18.0. The van der Waals surface area contributed by atoms with E-state index in [-0.39, 0.29) is 5.57 Å². The summed E-state index contributed by atoms with van der Waals surface area (Å²) in [5.41, 5.74) is 1.89. The highest BCUT2D eigenvalue weighted by atomic mass is 16.1. The lowest BCUT2D eigenvalue weighted by molar-refractivity contribution is -0.117. The molecule has 0 aliphatic rings. The number of nitriles is 1. The highest BCUT2D eigenvalue weighted by Crippen LogP contribution is 2.14. The van der Waals surface area contributed by atoms with Crippen molar-refractivity contribution in [2.75, 3.05) is 11.4 Å². The SMILES string of the molecule is CCN(/C=C(/C#N)C(=O)NCc1cccnc1)c1ccccc1. The summed E-state index contributed by atoms with van der Waals surface area (Å²) >= 11 is 0. The Hall–Kier alpha value is -3.13. The predicted octanol–water partition coefficient (Wildman–Crippen LogP) is 2.63. The molecule has 0 bridgehead atoms. The first-order valence-electron chi connectivity index (χ1n) is 7.35. The van der Waals surface area contributed by atoms with Gasteiger partial charge < -0.3 is 10.2 Å². The molecular weight excluding hydrogens is 288 g/mol. The van der Waals surface area contributed by atoms with Crippen LogP contribution in [-0.4, -0.2) is 17.4 Å². The van der Waals surface area contributed by atoms with Gasteiger partial charge in [-0.25, -0.2) is 0 Å². The van der Waals surface area contributed by atoms with Crippen LogP contribution in [0.15, 0.2) is 66.6 Å². The van der Waals surface area contributed by atoms with Gasteiger partial charge in [0.2, 0.25) is 0 Å². The molecule has 5 heteroatoms. The third-order valence-corrected chi connectivity index (χ3v) is 3.25. The Morgan fingerprint density at radius 3 is 2.70 bits per heavy atom. The average molecular weight is 306 g/mol. The Morgan fingerprint density at radius 1 is 1.30 bits per heavy atom. The van der Waals surface area contributed by atoms with E-state index in [1.165, 1.54) is 0 Å². The number of hydrogen-bond acceptors (Lipinski definition) is 4. The molecule has 0 aliphatic carbocycles. The first-order valence-corrected chi connectivity index (χ1v) is 7.35. The molecule has 1 aromatic heterocycles. The van der Waals surface area contributed by atoms with E-state index in [4.69, 9.17) is 0 Å². The Labute approximate surface area is 135 Å². The number of rotatable bonds is 6. The Bertz CT molecular complexity index is 705. The van der Waals surface area contributed by atoms with Crippen molar-refractivity contribution in [2.45, 2.75) is 13.5 Å². The lowest BCUT2D eigenvalue weighted by Gasteiger charge is -2.18. The molecule has 0 radical (unpaired) electrons. The number of carbonyl (C=O) groups is 1. The largest absolute Gasteiger partial charge is 0.347 e. The Morgan fingerprint density at radius 2 is 2.09 bits per heavy atom. The second-order valence-electron chi connectivity index (χ2n) is 4.82. The van der Waals surface area contributed by atoms with Crippen LogP contribution in [0.4, 0.5) is 5.69 Å². The molecule has 0 unspecified atom stereocenters. The molecule has 0 saturated carbocycles. The first-order chi connectivity index (χ1) is 11.2. The maximum atomic E-state index is 12.2. The van der Waals surface area contributed by atoms with Crippen LogP contribution < -0.4 is 10.2 Å². The van der Waals surface area contributed by atoms with E-state index in [2.05, 4.69) is 10.3 Å². The van der Waals surface area contributed by atoms with Crippen LogP contribution in [0.5, 0.6) is 0 Å². The standard InChI is InChI=1S/C18H18N4O/c1-2-22(17-8-4-3-5-9-17)14-16(11-19)18(23)21-13-15-7-6-10-20-12-15/h3-10,12,14H,2,13H2,1H3,(H,21,23)/b16-14-. The van der Waals surface area contributed by atoms with E-state index in [1.54, 1.807) is 24.7 Å². The molecule has 23 heavy (non-hydrogen) atoms. The number of nitrogens with one attached hydrogen (secondary N) is 1. The van der Waals surface area contributed by atoms with Crippen molar-refractivity contribution in [1.29, 1.82) is 5.26 Å². The zero-order chi connectivity index (χ0) is 16.5. The van der Waals surface area contributed by atoms with Crippen molar-refractivity contribution in [3.63, 3.8) is 0 Å². The lowest BCUT2D eigenvalue weighted by Crippen LogP contribution is -2.26. The van der Waals surface area contributed by atoms with Crippen molar-refractivity contribution in [2.24, 2.45) is 0 Å². The molecule has 0 aliphatic heterocycles.